The molecule has 1 aliphatic heterocycles. The Morgan fingerprint density at radius 1 is 1.12 bits per heavy atom. The van der Waals surface area contributed by atoms with Gasteiger partial charge >= 0.3 is 0 Å². The Kier molecular flexibility index (Phi) is 2.14. The van der Waals surface area contributed by atoms with Crippen LogP contribution < -0.4 is 5.32 Å². The zero-order valence-corrected chi connectivity index (χ0v) is 8.72. The van der Waals surface area contributed by atoms with Gasteiger partial charge in [-0.15, -0.1) is 0 Å². The highest BCUT2D eigenvalue weighted by Crippen LogP contribution is 2.21. The molecule has 16 heavy (non-hydrogen) atoms. The molecule has 0 fully saturated rings. The molecular weight excluding hydrogens is 198 g/mol. The van der Waals surface area contributed by atoms with E-state index in [1.54, 1.807) is 12.4 Å². The number of benzene rings is 1. The van der Waals surface area contributed by atoms with Gasteiger partial charge in [0, 0.05) is 24.5 Å². The second-order valence-corrected chi connectivity index (χ2v) is 3.70. The summed E-state index contributed by atoms with van der Waals surface area (Å²) in [5, 5.41) is 3.19. The smallest absolute Gasteiger partial charge is 0.159 e. The average Bonchev–Trinajstić information content (AvgIpc) is 2.39. The van der Waals surface area contributed by atoms with E-state index in [-0.39, 0.29) is 0 Å². The molecule has 78 valence electrons. The van der Waals surface area contributed by atoms with Crippen molar-refractivity contribution in [3.8, 4) is 11.4 Å². The zero-order chi connectivity index (χ0) is 10.8. The number of aromatic nitrogens is 2. The van der Waals surface area contributed by atoms with Crippen LogP contribution in [0.2, 0.25) is 0 Å². The molecule has 0 saturated heterocycles. The Morgan fingerprint density at radius 2 is 2.00 bits per heavy atom. The quantitative estimate of drug-likeness (QED) is 0.782. The molecule has 1 aromatic heterocycles. The standard InChI is InChI=1S/C13H11N3/c1-5-15-13(16-6-1)11-2-3-12-9-14-7-4-10(12)8-11/h1-8,14H,9H2. The Hall–Kier alpha value is -2.16. The molecule has 3 nitrogen and oxygen atoms in total. The minimum atomic E-state index is 0.775. The van der Waals surface area contributed by atoms with Crippen molar-refractivity contribution in [1.29, 1.82) is 0 Å². The maximum atomic E-state index is 4.25. The van der Waals surface area contributed by atoms with Crippen LogP contribution in [-0.4, -0.2) is 9.97 Å². The Labute approximate surface area is 93.9 Å². The molecule has 0 unspecified atom stereocenters. The fourth-order valence-corrected chi connectivity index (χ4v) is 1.82. The largest absolute Gasteiger partial charge is 0.387 e. The first-order valence-corrected chi connectivity index (χ1v) is 5.24. The molecule has 0 saturated carbocycles. The van der Waals surface area contributed by atoms with E-state index in [0.29, 0.717) is 0 Å². The predicted molar refractivity (Wildman–Crippen MR) is 63.3 cm³/mol. The molecule has 2 heterocycles. The van der Waals surface area contributed by atoms with Crippen LogP contribution in [0, 0.1) is 0 Å². The highest BCUT2D eigenvalue weighted by molar-refractivity contribution is 5.65. The molecule has 0 amide bonds. The van der Waals surface area contributed by atoms with Gasteiger partial charge in [0.05, 0.1) is 0 Å². The summed E-state index contributed by atoms with van der Waals surface area (Å²) in [5.41, 5.74) is 3.61. The molecule has 0 bridgehead atoms. The lowest BCUT2D eigenvalue weighted by Gasteiger charge is -2.12. The molecule has 0 atom stereocenters. The number of hydrogen-bond acceptors (Lipinski definition) is 3. The molecule has 1 aromatic carbocycles. The summed E-state index contributed by atoms with van der Waals surface area (Å²) in [6.45, 7) is 0.891. The van der Waals surface area contributed by atoms with Crippen LogP contribution in [0.3, 0.4) is 0 Å². The highest BCUT2D eigenvalue weighted by Gasteiger charge is 2.06. The molecular formula is C13H11N3. The molecule has 0 spiro atoms. The lowest BCUT2D eigenvalue weighted by atomic mass is 10.0. The van der Waals surface area contributed by atoms with Crippen molar-refractivity contribution >= 4 is 6.08 Å². The van der Waals surface area contributed by atoms with E-state index in [1.165, 1.54) is 11.1 Å². The second-order valence-electron chi connectivity index (χ2n) is 3.70. The monoisotopic (exact) mass is 209 g/mol. The summed E-state index contributed by atoms with van der Waals surface area (Å²) in [7, 11) is 0. The highest BCUT2D eigenvalue weighted by atomic mass is 14.9. The van der Waals surface area contributed by atoms with E-state index < -0.39 is 0 Å². The lowest BCUT2D eigenvalue weighted by Crippen LogP contribution is -2.09. The van der Waals surface area contributed by atoms with Gasteiger partial charge in [0.1, 0.15) is 0 Å². The van der Waals surface area contributed by atoms with Crippen molar-refractivity contribution in [1.82, 2.24) is 15.3 Å². The summed E-state index contributed by atoms with van der Waals surface area (Å²) in [4.78, 5) is 8.49. The maximum absolute atomic E-state index is 4.25. The minimum absolute atomic E-state index is 0.775. The second kappa shape index (κ2) is 3.77. The molecule has 0 aliphatic carbocycles. The van der Waals surface area contributed by atoms with Crippen LogP contribution >= 0.6 is 0 Å². The van der Waals surface area contributed by atoms with Crippen molar-refractivity contribution < 1.29 is 0 Å². The van der Waals surface area contributed by atoms with Gasteiger partial charge in [0.2, 0.25) is 0 Å². The number of fused-ring (bicyclic) bond motifs is 1. The summed E-state index contributed by atoms with van der Waals surface area (Å²) < 4.78 is 0. The van der Waals surface area contributed by atoms with Gasteiger partial charge in [0.25, 0.3) is 0 Å². The van der Waals surface area contributed by atoms with Crippen molar-refractivity contribution in [2.75, 3.05) is 0 Å². The molecule has 2 aromatic rings. The number of hydrogen-bond donors (Lipinski definition) is 1. The third-order valence-corrected chi connectivity index (χ3v) is 2.64. The van der Waals surface area contributed by atoms with Crippen molar-refractivity contribution in [2.24, 2.45) is 0 Å². The van der Waals surface area contributed by atoms with Crippen LogP contribution in [0.1, 0.15) is 11.1 Å². The van der Waals surface area contributed by atoms with Gasteiger partial charge in [-0.1, -0.05) is 12.1 Å². The fraction of sp³-hybridized carbons (Fsp3) is 0.0769. The summed E-state index contributed by atoms with van der Waals surface area (Å²) >= 11 is 0. The molecule has 0 radical (unpaired) electrons. The lowest BCUT2D eigenvalue weighted by molar-refractivity contribution is 0.859. The summed E-state index contributed by atoms with van der Waals surface area (Å²) in [6.07, 6.45) is 7.57. The minimum Gasteiger partial charge on any atom is -0.387 e. The van der Waals surface area contributed by atoms with Gasteiger partial charge in [-0.2, -0.15) is 0 Å². The summed E-state index contributed by atoms with van der Waals surface area (Å²) in [6, 6.07) is 8.14. The molecule has 3 heteroatoms. The summed E-state index contributed by atoms with van der Waals surface area (Å²) in [5.74, 6) is 0.775. The Bertz CT molecular complexity index is 532. The first kappa shape index (κ1) is 9.09. The van der Waals surface area contributed by atoms with E-state index in [4.69, 9.17) is 0 Å². The average molecular weight is 209 g/mol. The molecule has 3 rings (SSSR count). The van der Waals surface area contributed by atoms with Crippen molar-refractivity contribution in [2.45, 2.75) is 6.54 Å². The van der Waals surface area contributed by atoms with Crippen LogP contribution in [0.15, 0.2) is 42.9 Å². The third kappa shape index (κ3) is 1.56. The van der Waals surface area contributed by atoms with Gasteiger partial charge in [0.15, 0.2) is 5.82 Å². The Balaban J connectivity index is 2.08. The molecule has 1 N–H and O–H groups in total. The fourth-order valence-electron chi connectivity index (χ4n) is 1.82. The van der Waals surface area contributed by atoms with E-state index in [1.807, 2.05) is 12.3 Å². The van der Waals surface area contributed by atoms with Crippen LogP contribution in [0.4, 0.5) is 0 Å². The topological polar surface area (TPSA) is 37.8 Å². The molecule has 1 aliphatic rings. The van der Waals surface area contributed by atoms with E-state index in [2.05, 4.69) is 39.6 Å². The third-order valence-electron chi connectivity index (χ3n) is 2.64. The van der Waals surface area contributed by atoms with Crippen molar-refractivity contribution in [3.05, 3.63) is 54.0 Å². The van der Waals surface area contributed by atoms with Gasteiger partial charge in [-0.3, -0.25) is 0 Å². The van der Waals surface area contributed by atoms with E-state index >= 15 is 0 Å². The number of rotatable bonds is 1. The predicted octanol–water partition coefficient (Wildman–Crippen LogP) is 2.22. The van der Waals surface area contributed by atoms with Gasteiger partial charge in [-0.05, 0) is 35.5 Å². The first-order chi connectivity index (χ1) is 7.93. The zero-order valence-electron chi connectivity index (χ0n) is 8.72. The number of nitrogens with one attached hydrogen (secondary N) is 1. The van der Waals surface area contributed by atoms with Crippen LogP contribution in [0.25, 0.3) is 17.5 Å². The van der Waals surface area contributed by atoms with E-state index in [0.717, 1.165) is 17.9 Å². The van der Waals surface area contributed by atoms with Crippen molar-refractivity contribution in [3.63, 3.8) is 0 Å². The van der Waals surface area contributed by atoms with E-state index in [9.17, 15) is 0 Å². The van der Waals surface area contributed by atoms with Gasteiger partial charge < -0.3 is 5.32 Å². The number of nitrogens with zero attached hydrogens (tertiary/aromatic N) is 2. The normalized spacial score (nSPS) is 13.0. The first-order valence-electron chi connectivity index (χ1n) is 5.24. The maximum Gasteiger partial charge on any atom is 0.159 e. The van der Waals surface area contributed by atoms with Crippen LogP contribution in [-0.2, 0) is 6.54 Å². The SMILES string of the molecule is C1=Cc2cc(-c3ncccn3)ccc2CN1. The van der Waals surface area contributed by atoms with Crippen LogP contribution in [0.5, 0.6) is 0 Å². The van der Waals surface area contributed by atoms with Gasteiger partial charge in [-0.25, -0.2) is 9.97 Å². The Morgan fingerprint density at radius 3 is 2.88 bits per heavy atom.